The van der Waals surface area contributed by atoms with Crippen molar-refractivity contribution >= 4 is 11.6 Å². The highest BCUT2D eigenvalue weighted by atomic mass is 16.3. The second-order valence-electron chi connectivity index (χ2n) is 4.07. The van der Waals surface area contributed by atoms with E-state index in [1.807, 2.05) is 41.9 Å². The summed E-state index contributed by atoms with van der Waals surface area (Å²) in [6.07, 6.45) is 4.04. The Morgan fingerprint density at radius 3 is 3.00 bits per heavy atom. The number of amides is 1. The highest BCUT2D eigenvalue weighted by molar-refractivity contribution is 5.78. The number of aliphatic hydroxyl groups is 1. The minimum Gasteiger partial charge on any atom is -0.395 e. The number of carbonyl (C=O) groups is 1. The molecule has 96 valence electrons. The average molecular weight is 247 g/mol. The monoisotopic (exact) mass is 247 g/mol. The van der Waals surface area contributed by atoms with Crippen LogP contribution in [0.4, 0.5) is 0 Å². The summed E-state index contributed by atoms with van der Waals surface area (Å²) in [7, 11) is 0. The molecule has 2 aromatic heterocycles. The second-order valence-corrected chi connectivity index (χ2v) is 4.07. The number of hydrogen-bond acceptors (Lipinski definition) is 3. The van der Waals surface area contributed by atoms with Crippen molar-refractivity contribution < 1.29 is 9.90 Å². The van der Waals surface area contributed by atoms with E-state index < -0.39 is 0 Å². The van der Waals surface area contributed by atoms with Gasteiger partial charge in [-0.05, 0) is 19.1 Å². The summed E-state index contributed by atoms with van der Waals surface area (Å²) < 4.78 is 1.89. The van der Waals surface area contributed by atoms with Crippen molar-refractivity contribution in [3.05, 3.63) is 36.3 Å². The number of rotatable bonds is 5. The van der Waals surface area contributed by atoms with E-state index in [4.69, 9.17) is 5.11 Å². The molecule has 0 saturated carbocycles. The van der Waals surface area contributed by atoms with Crippen molar-refractivity contribution in [3.63, 3.8) is 0 Å². The molecule has 2 heterocycles. The molecule has 0 unspecified atom stereocenters. The molecule has 2 aromatic rings. The van der Waals surface area contributed by atoms with E-state index in [0.717, 1.165) is 11.3 Å². The van der Waals surface area contributed by atoms with Gasteiger partial charge < -0.3 is 14.4 Å². The first kappa shape index (κ1) is 12.6. The van der Waals surface area contributed by atoms with Gasteiger partial charge in [0.05, 0.1) is 18.7 Å². The molecule has 0 aliphatic heterocycles. The standard InChI is InChI=1S/C13H17N3O2/c1-2-15(7-8-17)13(18)9-11-10-16-6-4-3-5-12(16)14-11/h3-6,10,17H,2,7-9H2,1H3. The van der Waals surface area contributed by atoms with Gasteiger partial charge in [-0.3, -0.25) is 4.79 Å². The minimum absolute atomic E-state index is 0.00467. The first-order valence-electron chi connectivity index (χ1n) is 6.06. The largest absolute Gasteiger partial charge is 0.395 e. The van der Waals surface area contributed by atoms with Crippen LogP contribution < -0.4 is 0 Å². The number of imidazole rings is 1. The van der Waals surface area contributed by atoms with Crippen LogP contribution in [0.3, 0.4) is 0 Å². The van der Waals surface area contributed by atoms with Crippen molar-refractivity contribution in [2.24, 2.45) is 0 Å². The molecule has 0 saturated heterocycles. The lowest BCUT2D eigenvalue weighted by Gasteiger charge is -2.18. The zero-order valence-electron chi connectivity index (χ0n) is 10.4. The average Bonchev–Trinajstić information content (AvgIpc) is 2.77. The van der Waals surface area contributed by atoms with Gasteiger partial charge in [0.15, 0.2) is 0 Å². The lowest BCUT2D eigenvalue weighted by Crippen LogP contribution is -2.34. The summed E-state index contributed by atoms with van der Waals surface area (Å²) in [5.74, 6) is -0.00467. The molecular formula is C13H17N3O2. The van der Waals surface area contributed by atoms with Gasteiger partial charge in [-0.1, -0.05) is 6.07 Å². The second kappa shape index (κ2) is 5.64. The Labute approximate surface area is 106 Å². The lowest BCUT2D eigenvalue weighted by molar-refractivity contribution is -0.130. The SMILES string of the molecule is CCN(CCO)C(=O)Cc1cn2ccccc2n1. The van der Waals surface area contributed by atoms with Crippen molar-refractivity contribution in [2.75, 3.05) is 19.7 Å². The molecular weight excluding hydrogens is 230 g/mol. The molecule has 0 atom stereocenters. The van der Waals surface area contributed by atoms with Gasteiger partial charge >= 0.3 is 0 Å². The number of nitrogens with zero attached hydrogens (tertiary/aromatic N) is 3. The highest BCUT2D eigenvalue weighted by Crippen LogP contribution is 2.06. The quantitative estimate of drug-likeness (QED) is 0.847. The minimum atomic E-state index is -0.00918. The number of hydrogen-bond donors (Lipinski definition) is 1. The van der Waals surface area contributed by atoms with Crippen LogP contribution in [0.1, 0.15) is 12.6 Å². The number of carbonyl (C=O) groups excluding carboxylic acids is 1. The van der Waals surface area contributed by atoms with E-state index in [-0.39, 0.29) is 18.9 Å². The molecule has 0 aliphatic rings. The van der Waals surface area contributed by atoms with E-state index in [9.17, 15) is 4.79 Å². The first-order chi connectivity index (χ1) is 8.74. The molecule has 0 aromatic carbocycles. The summed E-state index contributed by atoms with van der Waals surface area (Å²) in [4.78, 5) is 18.0. The highest BCUT2D eigenvalue weighted by Gasteiger charge is 2.13. The summed E-state index contributed by atoms with van der Waals surface area (Å²) in [5.41, 5.74) is 1.59. The van der Waals surface area contributed by atoms with Crippen LogP contribution in [-0.4, -0.2) is 45.0 Å². The van der Waals surface area contributed by atoms with Gasteiger partial charge in [-0.2, -0.15) is 0 Å². The summed E-state index contributed by atoms with van der Waals surface area (Å²) in [6, 6.07) is 5.74. The Bertz CT molecular complexity index is 503. The molecule has 0 radical (unpaired) electrons. The molecule has 1 amide bonds. The Hall–Kier alpha value is -1.88. The Kier molecular flexibility index (Phi) is 3.94. The van der Waals surface area contributed by atoms with Crippen molar-refractivity contribution in [1.82, 2.24) is 14.3 Å². The van der Waals surface area contributed by atoms with Crippen LogP contribution in [0.15, 0.2) is 30.6 Å². The third-order valence-corrected chi connectivity index (χ3v) is 2.85. The van der Waals surface area contributed by atoms with Crippen molar-refractivity contribution in [1.29, 1.82) is 0 Å². The van der Waals surface area contributed by atoms with E-state index in [0.29, 0.717) is 13.1 Å². The lowest BCUT2D eigenvalue weighted by atomic mass is 10.3. The van der Waals surface area contributed by atoms with E-state index in [1.165, 1.54) is 0 Å². The zero-order chi connectivity index (χ0) is 13.0. The predicted octanol–water partition coefficient (Wildman–Crippen LogP) is 0.718. The smallest absolute Gasteiger partial charge is 0.228 e. The molecule has 2 rings (SSSR count). The van der Waals surface area contributed by atoms with E-state index >= 15 is 0 Å². The fourth-order valence-electron chi connectivity index (χ4n) is 1.92. The molecule has 0 spiro atoms. The third-order valence-electron chi connectivity index (χ3n) is 2.85. The zero-order valence-corrected chi connectivity index (χ0v) is 10.4. The van der Waals surface area contributed by atoms with Crippen molar-refractivity contribution in [2.45, 2.75) is 13.3 Å². The van der Waals surface area contributed by atoms with Crippen LogP contribution in [0, 0.1) is 0 Å². The van der Waals surface area contributed by atoms with Gasteiger partial charge in [0.1, 0.15) is 5.65 Å². The van der Waals surface area contributed by atoms with Gasteiger partial charge in [-0.25, -0.2) is 4.98 Å². The maximum absolute atomic E-state index is 12.0. The fraction of sp³-hybridized carbons (Fsp3) is 0.385. The van der Waals surface area contributed by atoms with Crippen LogP contribution in [-0.2, 0) is 11.2 Å². The summed E-state index contributed by atoms with van der Waals surface area (Å²) in [5, 5.41) is 8.88. The number of likely N-dealkylation sites (N-methyl/N-ethyl adjacent to an activating group) is 1. The van der Waals surface area contributed by atoms with E-state index in [2.05, 4.69) is 4.98 Å². The Balaban J connectivity index is 2.10. The van der Waals surface area contributed by atoms with Crippen LogP contribution in [0.2, 0.25) is 0 Å². The van der Waals surface area contributed by atoms with Gasteiger partial charge in [0.25, 0.3) is 0 Å². The molecule has 0 aliphatic carbocycles. The molecule has 18 heavy (non-hydrogen) atoms. The molecule has 5 heteroatoms. The summed E-state index contributed by atoms with van der Waals surface area (Å²) >= 11 is 0. The van der Waals surface area contributed by atoms with Crippen LogP contribution >= 0.6 is 0 Å². The van der Waals surface area contributed by atoms with Gasteiger partial charge in [0.2, 0.25) is 5.91 Å². The molecule has 0 bridgehead atoms. The maximum Gasteiger partial charge on any atom is 0.228 e. The Morgan fingerprint density at radius 2 is 2.33 bits per heavy atom. The number of aromatic nitrogens is 2. The van der Waals surface area contributed by atoms with Gasteiger partial charge in [0, 0.05) is 25.5 Å². The van der Waals surface area contributed by atoms with Crippen LogP contribution in [0.5, 0.6) is 0 Å². The molecule has 5 nitrogen and oxygen atoms in total. The fourth-order valence-corrected chi connectivity index (χ4v) is 1.92. The topological polar surface area (TPSA) is 57.8 Å². The summed E-state index contributed by atoms with van der Waals surface area (Å²) in [6.45, 7) is 2.87. The normalized spacial score (nSPS) is 10.8. The number of pyridine rings is 1. The van der Waals surface area contributed by atoms with Crippen molar-refractivity contribution in [3.8, 4) is 0 Å². The molecule has 1 N–H and O–H groups in total. The third kappa shape index (κ3) is 2.68. The van der Waals surface area contributed by atoms with Gasteiger partial charge in [-0.15, -0.1) is 0 Å². The first-order valence-corrected chi connectivity index (χ1v) is 6.06. The predicted molar refractivity (Wildman–Crippen MR) is 68.2 cm³/mol. The molecule has 0 fully saturated rings. The number of aliphatic hydroxyl groups excluding tert-OH is 1. The Morgan fingerprint density at radius 1 is 1.50 bits per heavy atom. The van der Waals surface area contributed by atoms with Crippen LogP contribution in [0.25, 0.3) is 5.65 Å². The number of fused-ring (bicyclic) bond motifs is 1. The van der Waals surface area contributed by atoms with E-state index in [1.54, 1.807) is 4.90 Å². The maximum atomic E-state index is 12.0.